The molecule has 0 aliphatic heterocycles. The van der Waals surface area contributed by atoms with Gasteiger partial charge in [-0.15, -0.1) is 0 Å². The average molecular weight is 180 g/mol. The third-order valence-corrected chi connectivity index (χ3v) is 1.73. The molecule has 4 heteroatoms. The molecule has 0 heterocycles. The summed E-state index contributed by atoms with van der Waals surface area (Å²) in [6.45, 7) is -0.317. The Balaban J connectivity index is 3.07. The number of aliphatic hydroxyl groups excluding tert-OH is 1. The maximum Gasteiger partial charge on any atom is 0.129 e. The SMILES string of the molecule is N#Cc1ccc([C@@H](N)CO)c(F)c1. The molecule has 0 radical (unpaired) electrons. The summed E-state index contributed by atoms with van der Waals surface area (Å²) in [5.41, 5.74) is 5.88. The number of hydrogen-bond donors (Lipinski definition) is 2. The largest absolute Gasteiger partial charge is 0.394 e. The van der Waals surface area contributed by atoms with E-state index in [1.807, 2.05) is 6.07 Å². The minimum Gasteiger partial charge on any atom is -0.394 e. The van der Waals surface area contributed by atoms with Crippen molar-refractivity contribution in [2.75, 3.05) is 6.61 Å². The molecule has 13 heavy (non-hydrogen) atoms. The van der Waals surface area contributed by atoms with Crippen molar-refractivity contribution in [3.8, 4) is 6.07 Å². The summed E-state index contributed by atoms with van der Waals surface area (Å²) in [4.78, 5) is 0. The van der Waals surface area contributed by atoms with Crippen molar-refractivity contribution in [1.82, 2.24) is 0 Å². The van der Waals surface area contributed by atoms with Gasteiger partial charge in [-0.25, -0.2) is 4.39 Å². The number of nitrogens with two attached hydrogens (primary N) is 1. The van der Waals surface area contributed by atoms with Gasteiger partial charge in [0.25, 0.3) is 0 Å². The van der Waals surface area contributed by atoms with Crippen molar-refractivity contribution in [1.29, 1.82) is 5.26 Å². The van der Waals surface area contributed by atoms with Gasteiger partial charge in [-0.3, -0.25) is 0 Å². The lowest BCUT2D eigenvalue weighted by Gasteiger charge is -2.08. The molecular formula is C9H9FN2O. The van der Waals surface area contributed by atoms with E-state index in [4.69, 9.17) is 16.1 Å². The van der Waals surface area contributed by atoms with Gasteiger partial charge in [-0.05, 0) is 12.1 Å². The van der Waals surface area contributed by atoms with Gasteiger partial charge in [0.2, 0.25) is 0 Å². The molecule has 68 valence electrons. The predicted octanol–water partition coefficient (Wildman–Crippen LogP) is 0.689. The number of nitrogens with zero attached hydrogens (tertiary/aromatic N) is 1. The summed E-state index contributed by atoms with van der Waals surface area (Å²) in [6.07, 6.45) is 0. The third kappa shape index (κ3) is 2.02. The molecule has 0 fully saturated rings. The second kappa shape index (κ2) is 3.99. The minimum atomic E-state index is -0.729. The molecule has 0 unspecified atom stereocenters. The fraction of sp³-hybridized carbons (Fsp3) is 0.222. The molecule has 0 aliphatic carbocycles. The summed E-state index contributed by atoms with van der Waals surface area (Å²) in [5, 5.41) is 17.1. The predicted molar refractivity (Wildman–Crippen MR) is 45.1 cm³/mol. The molecular weight excluding hydrogens is 171 g/mol. The van der Waals surface area contributed by atoms with Crippen LogP contribution in [-0.4, -0.2) is 11.7 Å². The second-order valence-electron chi connectivity index (χ2n) is 2.64. The number of nitriles is 1. The van der Waals surface area contributed by atoms with Crippen LogP contribution >= 0.6 is 0 Å². The Morgan fingerprint density at radius 3 is 2.77 bits per heavy atom. The highest BCUT2D eigenvalue weighted by Crippen LogP contribution is 2.15. The van der Waals surface area contributed by atoms with Crippen LogP contribution in [0.25, 0.3) is 0 Å². The van der Waals surface area contributed by atoms with Gasteiger partial charge < -0.3 is 10.8 Å². The van der Waals surface area contributed by atoms with E-state index in [2.05, 4.69) is 0 Å². The van der Waals surface area contributed by atoms with Crippen molar-refractivity contribution >= 4 is 0 Å². The second-order valence-corrected chi connectivity index (χ2v) is 2.64. The van der Waals surface area contributed by atoms with Crippen LogP contribution < -0.4 is 5.73 Å². The highest BCUT2D eigenvalue weighted by molar-refractivity contribution is 5.34. The first kappa shape index (κ1) is 9.65. The van der Waals surface area contributed by atoms with Gasteiger partial charge in [-0.2, -0.15) is 5.26 Å². The Bertz CT molecular complexity index is 346. The van der Waals surface area contributed by atoms with Crippen LogP contribution in [0.5, 0.6) is 0 Å². The standard InChI is InChI=1S/C9H9FN2O/c10-8-3-6(4-11)1-2-7(8)9(12)5-13/h1-3,9,13H,5,12H2/t9-/m0/s1. The van der Waals surface area contributed by atoms with Crippen LogP contribution in [0.3, 0.4) is 0 Å². The molecule has 0 bridgehead atoms. The Labute approximate surface area is 75.2 Å². The molecule has 1 atom stereocenters. The van der Waals surface area contributed by atoms with Crippen molar-refractivity contribution in [3.05, 3.63) is 35.1 Å². The van der Waals surface area contributed by atoms with Gasteiger partial charge >= 0.3 is 0 Å². The molecule has 1 aromatic carbocycles. The maximum atomic E-state index is 13.1. The molecule has 0 spiro atoms. The zero-order valence-corrected chi connectivity index (χ0v) is 6.87. The molecule has 3 N–H and O–H groups in total. The summed E-state index contributed by atoms with van der Waals surface area (Å²) < 4.78 is 13.1. The van der Waals surface area contributed by atoms with E-state index in [9.17, 15) is 4.39 Å². The highest BCUT2D eigenvalue weighted by atomic mass is 19.1. The summed E-state index contributed by atoms with van der Waals surface area (Å²) >= 11 is 0. The van der Waals surface area contributed by atoms with Crippen LogP contribution in [0.15, 0.2) is 18.2 Å². The van der Waals surface area contributed by atoms with Gasteiger partial charge in [0.1, 0.15) is 5.82 Å². The summed E-state index contributed by atoms with van der Waals surface area (Å²) in [5.74, 6) is -0.555. The van der Waals surface area contributed by atoms with E-state index in [-0.39, 0.29) is 17.7 Å². The topological polar surface area (TPSA) is 70.0 Å². The first-order chi connectivity index (χ1) is 6.19. The maximum absolute atomic E-state index is 13.1. The van der Waals surface area contributed by atoms with E-state index in [1.165, 1.54) is 12.1 Å². The zero-order valence-electron chi connectivity index (χ0n) is 6.87. The molecule has 0 aliphatic rings. The normalized spacial score (nSPS) is 12.2. The minimum absolute atomic E-state index is 0.224. The van der Waals surface area contributed by atoms with Crippen LogP contribution in [0, 0.1) is 17.1 Å². The smallest absolute Gasteiger partial charge is 0.129 e. The van der Waals surface area contributed by atoms with Crippen molar-refractivity contribution < 1.29 is 9.50 Å². The molecule has 0 aromatic heterocycles. The fourth-order valence-electron chi connectivity index (χ4n) is 0.996. The molecule has 1 rings (SSSR count). The molecule has 3 nitrogen and oxygen atoms in total. The summed E-state index contributed by atoms with van der Waals surface area (Å²) in [6, 6.07) is 5.06. The lowest BCUT2D eigenvalue weighted by Crippen LogP contribution is -2.16. The Morgan fingerprint density at radius 1 is 1.62 bits per heavy atom. The average Bonchev–Trinajstić information content (AvgIpc) is 2.16. The third-order valence-electron chi connectivity index (χ3n) is 1.73. The monoisotopic (exact) mass is 180 g/mol. The van der Waals surface area contributed by atoms with Crippen molar-refractivity contribution in [3.63, 3.8) is 0 Å². The van der Waals surface area contributed by atoms with Crippen LogP contribution in [0.4, 0.5) is 4.39 Å². The number of aliphatic hydroxyl groups is 1. The Morgan fingerprint density at radius 2 is 2.31 bits per heavy atom. The Kier molecular flexibility index (Phi) is 2.96. The Hall–Kier alpha value is -1.44. The molecule has 0 amide bonds. The van der Waals surface area contributed by atoms with Gasteiger partial charge in [0.15, 0.2) is 0 Å². The van der Waals surface area contributed by atoms with Crippen molar-refractivity contribution in [2.45, 2.75) is 6.04 Å². The van der Waals surface area contributed by atoms with Gasteiger partial charge in [0.05, 0.1) is 24.3 Å². The van der Waals surface area contributed by atoms with E-state index in [1.54, 1.807) is 0 Å². The number of halogens is 1. The number of rotatable bonds is 2. The molecule has 0 saturated heterocycles. The number of benzene rings is 1. The quantitative estimate of drug-likeness (QED) is 0.703. The van der Waals surface area contributed by atoms with E-state index < -0.39 is 11.9 Å². The van der Waals surface area contributed by atoms with Crippen LogP contribution in [-0.2, 0) is 0 Å². The molecule has 1 aromatic rings. The number of hydrogen-bond acceptors (Lipinski definition) is 3. The van der Waals surface area contributed by atoms with Crippen LogP contribution in [0.1, 0.15) is 17.2 Å². The lowest BCUT2D eigenvalue weighted by atomic mass is 10.1. The molecule has 0 saturated carbocycles. The van der Waals surface area contributed by atoms with Gasteiger partial charge in [-0.1, -0.05) is 6.07 Å². The summed E-state index contributed by atoms with van der Waals surface area (Å²) in [7, 11) is 0. The van der Waals surface area contributed by atoms with E-state index in [0.29, 0.717) is 0 Å². The van der Waals surface area contributed by atoms with Crippen LogP contribution in [0.2, 0.25) is 0 Å². The van der Waals surface area contributed by atoms with Gasteiger partial charge in [0, 0.05) is 5.56 Å². The highest BCUT2D eigenvalue weighted by Gasteiger charge is 2.10. The van der Waals surface area contributed by atoms with E-state index in [0.717, 1.165) is 6.07 Å². The fourth-order valence-corrected chi connectivity index (χ4v) is 0.996. The van der Waals surface area contributed by atoms with Crippen molar-refractivity contribution in [2.24, 2.45) is 5.73 Å². The van der Waals surface area contributed by atoms with E-state index >= 15 is 0 Å². The zero-order chi connectivity index (χ0) is 9.84. The first-order valence-corrected chi connectivity index (χ1v) is 3.75. The first-order valence-electron chi connectivity index (χ1n) is 3.75. The lowest BCUT2D eigenvalue weighted by molar-refractivity contribution is 0.265.